The third kappa shape index (κ3) is 2.85. The Labute approximate surface area is 128 Å². The zero-order valence-corrected chi connectivity index (χ0v) is 13.3. The first-order valence-electron chi connectivity index (χ1n) is 7.41. The molecule has 5 nitrogen and oxygen atoms in total. The van der Waals surface area contributed by atoms with E-state index in [4.69, 9.17) is 0 Å². The molecule has 1 aliphatic rings. The number of aromatic nitrogens is 3. The van der Waals surface area contributed by atoms with Gasteiger partial charge in [-0.2, -0.15) is 0 Å². The van der Waals surface area contributed by atoms with Crippen LogP contribution in [0.1, 0.15) is 46.1 Å². The van der Waals surface area contributed by atoms with Crippen LogP contribution in [0.15, 0.2) is 18.5 Å². The molecular weight excluding hydrogens is 284 g/mol. The van der Waals surface area contributed by atoms with E-state index in [0.717, 1.165) is 43.1 Å². The lowest BCUT2D eigenvalue weighted by molar-refractivity contribution is 0.0715. The second-order valence-electron chi connectivity index (χ2n) is 5.49. The fourth-order valence-corrected chi connectivity index (χ4v) is 3.76. The molecule has 1 fully saturated rings. The molecule has 112 valence electrons. The van der Waals surface area contributed by atoms with Crippen LogP contribution in [-0.2, 0) is 13.5 Å². The second kappa shape index (κ2) is 5.97. The minimum atomic E-state index is 0.177. The maximum absolute atomic E-state index is 12.5. The molecule has 0 bridgehead atoms. The summed E-state index contributed by atoms with van der Waals surface area (Å²) in [6, 6.07) is 4.02. The maximum Gasteiger partial charge on any atom is 0.263 e. The van der Waals surface area contributed by atoms with E-state index in [2.05, 4.69) is 23.2 Å². The van der Waals surface area contributed by atoms with Gasteiger partial charge in [0.05, 0.1) is 4.88 Å². The molecule has 0 unspecified atom stereocenters. The van der Waals surface area contributed by atoms with Crippen LogP contribution in [0.4, 0.5) is 0 Å². The van der Waals surface area contributed by atoms with Crippen molar-refractivity contribution in [2.75, 3.05) is 13.1 Å². The monoisotopic (exact) mass is 304 g/mol. The Morgan fingerprint density at radius 3 is 2.71 bits per heavy atom. The Bertz CT molecular complexity index is 625. The Balaban J connectivity index is 1.63. The molecule has 3 rings (SSSR count). The Morgan fingerprint density at radius 2 is 2.14 bits per heavy atom. The first kappa shape index (κ1) is 14.3. The lowest BCUT2D eigenvalue weighted by Gasteiger charge is -2.31. The van der Waals surface area contributed by atoms with Crippen LogP contribution in [0.3, 0.4) is 0 Å². The van der Waals surface area contributed by atoms with Crippen LogP contribution in [-0.4, -0.2) is 38.7 Å². The van der Waals surface area contributed by atoms with Crippen LogP contribution in [0.5, 0.6) is 0 Å². The lowest BCUT2D eigenvalue weighted by atomic mass is 9.96. The summed E-state index contributed by atoms with van der Waals surface area (Å²) in [5, 5.41) is 8.14. The van der Waals surface area contributed by atoms with E-state index in [1.54, 1.807) is 17.7 Å². The molecule has 0 atom stereocenters. The molecule has 1 saturated heterocycles. The number of nitrogens with zero attached hydrogens (tertiary/aromatic N) is 4. The topological polar surface area (TPSA) is 51.0 Å². The molecule has 6 heteroatoms. The predicted molar refractivity (Wildman–Crippen MR) is 82.6 cm³/mol. The Morgan fingerprint density at radius 1 is 1.38 bits per heavy atom. The third-order valence-corrected chi connectivity index (χ3v) is 5.33. The number of hydrogen-bond donors (Lipinski definition) is 0. The van der Waals surface area contributed by atoms with Crippen LogP contribution >= 0.6 is 11.3 Å². The average Bonchev–Trinajstić information content (AvgIpc) is 3.15. The maximum atomic E-state index is 12.5. The molecule has 0 aromatic carbocycles. The number of rotatable bonds is 3. The van der Waals surface area contributed by atoms with Gasteiger partial charge in [0.15, 0.2) is 0 Å². The fourth-order valence-electron chi connectivity index (χ4n) is 2.84. The minimum absolute atomic E-state index is 0.177. The van der Waals surface area contributed by atoms with Crippen molar-refractivity contribution in [2.24, 2.45) is 7.05 Å². The normalized spacial score (nSPS) is 16.4. The number of hydrogen-bond acceptors (Lipinski definition) is 4. The predicted octanol–water partition coefficient (Wildman–Crippen LogP) is 2.46. The number of carbonyl (C=O) groups excluding carboxylic acids is 1. The van der Waals surface area contributed by atoms with E-state index in [9.17, 15) is 4.79 Å². The molecule has 0 aliphatic carbocycles. The van der Waals surface area contributed by atoms with Gasteiger partial charge in [0.2, 0.25) is 0 Å². The molecule has 0 saturated carbocycles. The highest BCUT2D eigenvalue weighted by Gasteiger charge is 2.27. The molecule has 21 heavy (non-hydrogen) atoms. The van der Waals surface area contributed by atoms with Crippen molar-refractivity contribution in [2.45, 2.75) is 32.1 Å². The second-order valence-corrected chi connectivity index (χ2v) is 6.65. The highest BCUT2D eigenvalue weighted by molar-refractivity contribution is 7.14. The van der Waals surface area contributed by atoms with Gasteiger partial charge in [-0.25, -0.2) is 0 Å². The van der Waals surface area contributed by atoms with Crippen molar-refractivity contribution in [1.82, 2.24) is 19.7 Å². The quantitative estimate of drug-likeness (QED) is 0.875. The largest absolute Gasteiger partial charge is 0.338 e. The molecule has 1 aliphatic heterocycles. The summed E-state index contributed by atoms with van der Waals surface area (Å²) in [6.07, 6.45) is 4.66. The van der Waals surface area contributed by atoms with Crippen molar-refractivity contribution in [3.63, 3.8) is 0 Å². The van der Waals surface area contributed by atoms with Crippen LogP contribution in [0, 0.1) is 0 Å². The Hall–Kier alpha value is -1.69. The number of likely N-dealkylation sites (tertiary alicyclic amines) is 1. The number of piperidine rings is 1. The molecule has 0 N–H and O–H groups in total. The van der Waals surface area contributed by atoms with Gasteiger partial charge in [-0.15, -0.1) is 21.5 Å². The van der Waals surface area contributed by atoms with Gasteiger partial charge in [0.25, 0.3) is 5.91 Å². The van der Waals surface area contributed by atoms with E-state index in [1.165, 1.54) is 4.88 Å². The van der Waals surface area contributed by atoms with Crippen LogP contribution in [0.25, 0.3) is 0 Å². The summed E-state index contributed by atoms with van der Waals surface area (Å²) in [7, 11) is 1.98. The summed E-state index contributed by atoms with van der Waals surface area (Å²) in [6.45, 7) is 3.72. The van der Waals surface area contributed by atoms with Gasteiger partial charge in [0, 0.05) is 30.9 Å². The third-order valence-electron chi connectivity index (χ3n) is 4.11. The van der Waals surface area contributed by atoms with Crippen molar-refractivity contribution >= 4 is 17.2 Å². The standard InChI is InChI=1S/C15H20N4OS/c1-3-12-4-5-13(21-12)15(20)19-8-6-11(7-9-19)14-17-16-10-18(14)2/h4-5,10-11H,3,6-9H2,1-2H3. The van der Waals surface area contributed by atoms with E-state index < -0.39 is 0 Å². The number of thiophene rings is 1. The van der Waals surface area contributed by atoms with Gasteiger partial charge in [-0.3, -0.25) is 4.79 Å². The average molecular weight is 304 g/mol. The van der Waals surface area contributed by atoms with Gasteiger partial charge >= 0.3 is 0 Å². The van der Waals surface area contributed by atoms with Crippen molar-refractivity contribution in [1.29, 1.82) is 0 Å². The Kier molecular flexibility index (Phi) is 4.05. The lowest BCUT2D eigenvalue weighted by Crippen LogP contribution is -2.38. The first-order valence-corrected chi connectivity index (χ1v) is 8.22. The summed E-state index contributed by atoms with van der Waals surface area (Å²) in [5.74, 6) is 1.62. The van der Waals surface area contributed by atoms with Gasteiger partial charge in [-0.1, -0.05) is 6.92 Å². The summed E-state index contributed by atoms with van der Waals surface area (Å²) < 4.78 is 1.98. The molecular formula is C15H20N4OS. The van der Waals surface area contributed by atoms with Gasteiger partial charge in [-0.05, 0) is 31.4 Å². The molecule has 2 aromatic rings. The van der Waals surface area contributed by atoms with Crippen molar-refractivity contribution < 1.29 is 4.79 Å². The summed E-state index contributed by atoms with van der Waals surface area (Å²) in [5.41, 5.74) is 0. The molecule has 0 radical (unpaired) electrons. The summed E-state index contributed by atoms with van der Waals surface area (Å²) in [4.78, 5) is 16.6. The fraction of sp³-hybridized carbons (Fsp3) is 0.533. The highest BCUT2D eigenvalue weighted by Crippen LogP contribution is 2.28. The number of aryl methyl sites for hydroxylation is 2. The molecule has 0 spiro atoms. The zero-order chi connectivity index (χ0) is 14.8. The first-order chi connectivity index (χ1) is 10.2. The van der Waals surface area contributed by atoms with E-state index >= 15 is 0 Å². The molecule has 2 aromatic heterocycles. The van der Waals surface area contributed by atoms with Gasteiger partial charge < -0.3 is 9.47 Å². The van der Waals surface area contributed by atoms with E-state index in [0.29, 0.717) is 5.92 Å². The zero-order valence-electron chi connectivity index (χ0n) is 12.5. The van der Waals surface area contributed by atoms with Crippen molar-refractivity contribution in [3.8, 4) is 0 Å². The van der Waals surface area contributed by atoms with E-state index in [1.807, 2.05) is 22.6 Å². The highest BCUT2D eigenvalue weighted by atomic mass is 32.1. The number of carbonyl (C=O) groups is 1. The van der Waals surface area contributed by atoms with Gasteiger partial charge in [0.1, 0.15) is 12.2 Å². The molecule has 1 amide bonds. The minimum Gasteiger partial charge on any atom is -0.338 e. The number of amides is 1. The van der Waals surface area contributed by atoms with E-state index in [-0.39, 0.29) is 5.91 Å². The molecule has 3 heterocycles. The summed E-state index contributed by atoms with van der Waals surface area (Å²) >= 11 is 1.62. The smallest absolute Gasteiger partial charge is 0.263 e. The van der Waals surface area contributed by atoms with Crippen LogP contribution < -0.4 is 0 Å². The SMILES string of the molecule is CCc1ccc(C(=O)N2CCC(c3nncn3C)CC2)s1. The van der Waals surface area contributed by atoms with Crippen LogP contribution in [0.2, 0.25) is 0 Å². The van der Waals surface area contributed by atoms with Crippen molar-refractivity contribution in [3.05, 3.63) is 34.0 Å².